The van der Waals surface area contributed by atoms with Crippen LogP contribution >= 0.6 is 12.2 Å². The van der Waals surface area contributed by atoms with E-state index in [1.807, 2.05) is 54.3 Å². The van der Waals surface area contributed by atoms with Crippen molar-refractivity contribution in [3.63, 3.8) is 0 Å². The van der Waals surface area contributed by atoms with Gasteiger partial charge in [0.2, 0.25) is 10.0 Å². The Morgan fingerprint density at radius 1 is 1.08 bits per heavy atom. The number of anilines is 2. The number of sulfonamides is 1. The average Bonchev–Trinajstić information content (AvgIpc) is 3.45. The van der Waals surface area contributed by atoms with Crippen molar-refractivity contribution in [1.82, 2.24) is 10.3 Å². The summed E-state index contributed by atoms with van der Waals surface area (Å²) in [4.78, 5) is 6.48. The molecule has 10 heteroatoms. The Balaban J connectivity index is 1.57. The molecule has 184 valence electrons. The van der Waals surface area contributed by atoms with Crippen molar-refractivity contribution < 1.29 is 17.2 Å². The van der Waals surface area contributed by atoms with Gasteiger partial charge in [0.25, 0.3) is 0 Å². The number of benzene rings is 2. The van der Waals surface area contributed by atoms with E-state index < -0.39 is 10.0 Å². The van der Waals surface area contributed by atoms with Gasteiger partial charge in [-0.2, -0.15) is 0 Å². The highest BCUT2D eigenvalue weighted by Crippen LogP contribution is 2.43. The number of aryl methyl sites for hydroxylation is 1. The van der Waals surface area contributed by atoms with Crippen molar-refractivity contribution in [2.75, 3.05) is 15.9 Å². The molecule has 2 aromatic heterocycles. The number of nitrogens with zero attached hydrogens (tertiary/aromatic N) is 2. The van der Waals surface area contributed by atoms with Gasteiger partial charge in [0.15, 0.2) is 5.11 Å². The Labute approximate surface area is 214 Å². The predicted octanol–water partition coefficient (Wildman–Crippen LogP) is 5.34. The third-order valence-electron chi connectivity index (χ3n) is 5.93. The lowest BCUT2D eigenvalue weighted by Gasteiger charge is -2.26. The fraction of sp³-hybridized carbons (Fsp3) is 0.154. The summed E-state index contributed by atoms with van der Waals surface area (Å²) in [7, 11) is -3.42. The van der Waals surface area contributed by atoms with Crippen molar-refractivity contribution in [3.05, 3.63) is 102 Å². The molecule has 1 saturated heterocycles. The van der Waals surface area contributed by atoms with Gasteiger partial charge in [0, 0.05) is 17.4 Å². The van der Waals surface area contributed by atoms with E-state index in [0.717, 1.165) is 28.8 Å². The number of aromatic nitrogens is 1. The first-order valence-electron chi connectivity index (χ1n) is 11.1. The molecule has 4 aromatic rings. The molecule has 36 heavy (non-hydrogen) atoms. The molecule has 2 aromatic carbocycles. The highest BCUT2D eigenvalue weighted by atomic mass is 32.2. The first kappa shape index (κ1) is 24.0. The molecule has 1 fully saturated rings. The minimum absolute atomic E-state index is 0.306. The molecule has 0 radical (unpaired) electrons. The molecule has 5 rings (SSSR count). The minimum atomic E-state index is -3.42. The van der Waals surface area contributed by atoms with E-state index in [1.165, 1.54) is 12.1 Å². The summed E-state index contributed by atoms with van der Waals surface area (Å²) in [6, 6.07) is 20.2. The van der Waals surface area contributed by atoms with Crippen LogP contribution in [-0.4, -0.2) is 24.8 Å². The van der Waals surface area contributed by atoms with E-state index in [1.54, 1.807) is 24.4 Å². The van der Waals surface area contributed by atoms with Gasteiger partial charge in [-0.05, 0) is 91.4 Å². The van der Waals surface area contributed by atoms with E-state index in [4.69, 9.17) is 16.6 Å². The van der Waals surface area contributed by atoms with Gasteiger partial charge in [0.1, 0.15) is 23.4 Å². The molecule has 1 aliphatic heterocycles. The summed E-state index contributed by atoms with van der Waals surface area (Å²) in [5.41, 5.74) is 3.55. The van der Waals surface area contributed by atoms with Gasteiger partial charge in [-0.3, -0.25) is 9.71 Å². The quantitative estimate of drug-likeness (QED) is 0.331. The number of hydrogen-bond donors (Lipinski definition) is 2. The fourth-order valence-electron chi connectivity index (χ4n) is 4.31. The number of furan rings is 1. The van der Waals surface area contributed by atoms with Crippen molar-refractivity contribution in [3.8, 4) is 11.3 Å². The van der Waals surface area contributed by atoms with Crippen LogP contribution in [0.1, 0.15) is 29.1 Å². The second-order valence-corrected chi connectivity index (χ2v) is 10.7. The molecule has 0 spiro atoms. The van der Waals surface area contributed by atoms with Gasteiger partial charge in [-0.15, -0.1) is 0 Å². The smallest absolute Gasteiger partial charge is 0.229 e. The van der Waals surface area contributed by atoms with Gasteiger partial charge in [-0.1, -0.05) is 6.07 Å². The molecule has 2 N–H and O–H groups in total. The lowest BCUT2D eigenvalue weighted by molar-refractivity contribution is 0.439. The first-order valence-corrected chi connectivity index (χ1v) is 13.4. The average molecular weight is 523 g/mol. The summed E-state index contributed by atoms with van der Waals surface area (Å²) in [5, 5.41) is 3.85. The number of pyridine rings is 1. The molecule has 0 aliphatic carbocycles. The van der Waals surface area contributed by atoms with Crippen molar-refractivity contribution in [1.29, 1.82) is 0 Å². The Kier molecular flexibility index (Phi) is 6.23. The molecule has 0 amide bonds. The van der Waals surface area contributed by atoms with E-state index in [9.17, 15) is 12.8 Å². The predicted molar refractivity (Wildman–Crippen MR) is 142 cm³/mol. The largest absolute Gasteiger partial charge is 0.459 e. The maximum absolute atomic E-state index is 13.4. The van der Waals surface area contributed by atoms with Crippen LogP contribution in [0.2, 0.25) is 0 Å². The van der Waals surface area contributed by atoms with Crippen LogP contribution in [0.3, 0.4) is 0 Å². The zero-order valence-electron chi connectivity index (χ0n) is 19.5. The molecule has 0 unspecified atom stereocenters. The Hall–Kier alpha value is -3.76. The lowest BCUT2D eigenvalue weighted by atomic mass is 10.0. The highest BCUT2D eigenvalue weighted by Gasteiger charge is 2.42. The number of nitrogens with one attached hydrogen (secondary N) is 2. The summed E-state index contributed by atoms with van der Waals surface area (Å²) < 4.78 is 45.7. The van der Waals surface area contributed by atoms with Crippen molar-refractivity contribution in [2.24, 2.45) is 0 Å². The summed E-state index contributed by atoms with van der Waals surface area (Å²) in [5.74, 6) is 0.932. The Bertz CT molecular complexity index is 1520. The Morgan fingerprint density at radius 2 is 1.86 bits per heavy atom. The van der Waals surface area contributed by atoms with Gasteiger partial charge in [-0.25, -0.2) is 12.8 Å². The van der Waals surface area contributed by atoms with Crippen LogP contribution in [0.25, 0.3) is 11.3 Å². The van der Waals surface area contributed by atoms with E-state index in [0.29, 0.717) is 22.3 Å². The zero-order chi connectivity index (χ0) is 25.4. The van der Waals surface area contributed by atoms with E-state index >= 15 is 0 Å². The van der Waals surface area contributed by atoms with Crippen LogP contribution < -0.4 is 14.9 Å². The normalized spacial score (nSPS) is 17.8. The molecule has 3 heterocycles. The maximum Gasteiger partial charge on any atom is 0.229 e. The molecular formula is C26H23FN4O3S2. The zero-order valence-corrected chi connectivity index (χ0v) is 21.1. The van der Waals surface area contributed by atoms with Gasteiger partial charge < -0.3 is 14.6 Å². The first-order chi connectivity index (χ1) is 17.2. The topological polar surface area (TPSA) is 87.5 Å². The van der Waals surface area contributed by atoms with Crippen LogP contribution in [0.4, 0.5) is 15.8 Å². The lowest BCUT2D eigenvalue weighted by Crippen LogP contribution is -2.29. The highest BCUT2D eigenvalue weighted by molar-refractivity contribution is 7.92. The summed E-state index contributed by atoms with van der Waals surface area (Å²) in [6.07, 6.45) is 2.84. The molecular weight excluding hydrogens is 499 g/mol. The molecule has 0 bridgehead atoms. The summed E-state index contributed by atoms with van der Waals surface area (Å²) in [6.45, 7) is 1.83. The van der Waals surface area contributed by atoms with E-state index in [2.05, 4.69) is 15.0 Å². The van der Waals surface area contributed by atoms with Crippen molar-refractivity contribution >= 4 is 38.7 Å². The minimum Gasteiger partial charge on any atom is -0.459 e. The number of rotatable bonds is 6. The van der Waals surface area contributed by atoms with Crippen LogP contribution in [0.15, 0.2) is 83.4 Å². The second-order valence-electron chi connectivity index (χ2n) is 8.58. The summed E-state index contributed by atoms with van der Waals surface area (Å²) >= 11 is 5.75. The monoisotopic (exact) mass is 522 g/mol. The number of thiocarbonyl (C=S) groups is 1. The molecule has 1 aliphatic rings. The molecule has 7 nitrogen and oxygen atoms in total. The van der Waals surface area contributed by atoms with Gasteiger partial charge >= 0.3 is 0 Å². The Morgan fingerprint density at radius 3 is 2.53 bits per heavy atom. The second kappa shape index (κ2) is 9.36. The maximum atomic E-state index is 13.4. The molecule has 2 atom stereocenters. The third kappa shape index (κ3) is 4.82. The van der Waals surface area contributed by atoms with E-state index in [-0.39, 0.29) is 17.9 Å². The third-order valence-corrected chi connectivity index (χ3v) is 6.83. The number of halogens is 1. The van der Waals surface area contributed by atoms with Gasteiger partial charge in [0.05, 0.1) is 23.7 Å². The number of hydrogen-bond acceptors (Lipinski definition) is 5. The van der Waals surface area contributed by atoms with Crippen molar-refractivity contribution in [2.45, 2.75) is 19.0 Å². The standard InChI is InChI=1S/C26H23FN4O3S2/c1-16-15-19(10-11-20(16)30-36(2,32)33)31-25(24(29-26(31)35)21-5-3-4-14-28-21)23-13-12-22(34-23)17-6-8-18(27)9-7-17/h3-15,24-25,30H,1-2H3,(H,29,35)/t24-,25+/m1/s1. The van der Waals surface area contributed by atoms with Crippen LogP contribution in [0.5, 0.6) is 0 Å². The molecule has 0 saturated carbocycles. The van der Waals surface area contributed by atoms with Crippen LogP contribution in [-0.2, 0) is 10.0 Å². The fourth-order valence-corrected chi connectivity index (χ4v) is 5.29. The SMILES string of the molecule is Cc1cc(N2C(=S)N[C@H](c3ccccn3)[C@@H]2c2ccc(-c3ccc(F)cc3)o2)ccc1NS(C)(=O)=O. The van der Waals surface area contributed by atoms with Crippen LogP contribution in [0, 0.1) is 12.7 Å².